The summed E-state index contributed by atoms with van der Waals surface area (Å²) >= 11 is 0. The maximum atomic E-state index is 13.0. The fraction of sp³-hybridized carbons (Fsp3) is 0.143. The molecule has 1 aromatic heterocycles. The van der Waals surface area contributed by atoms with Crippen LogP contribution in [0, 0.1) is 12.7 Å². The molecule has 5 heteroatoms. The summed E-state index contributed by atoms with van der Waals surface area (Å²) in [7, 11) is 0. The highest BCUT2D eigenvalue weighted by Crippen LogP contribution is 2.15. The number of hydrogen-bond acceptors (Lipinski definition) is 3. The Labute approximate surface area is 109 Å². The van der Waals surface area contributed by atoms with E-state index in [9.17, 15) is 9.18 Å². The Hall–Kier alpha value is -2.43. The van der Waals surface area contributed by atoms with E-state index in [1.54, 1.807) is 0 Å². The minimum absolute atomic E-state index is 0.162. The van der Waals surface area contributed by atoms with Gasteiger partial charge >= 0.3 is 5.97 Å². The Kier molecular flexibility index (Phi) is 3.75. The number of hydrogen-bond donors (Lipinski definition) is 2. The highest BCUT2D eigenvalue weighted by molar-refractivity contribution is 5.93. The van der Waals surface area contributed by atoms with Crippen molar-refractivity contribution in [2.45, 2.75) is 13.5 Å². The van der Waals surface area contributed by atoms with Crippen LogP contribution >= 0.6 is 0 Å². The van der Waals surface area contributed by atoms with Gasteiger partial charge < -0.3 is 10.4 Å². The number of aryl methyl sites for hydroxylation is 1. The fourth-order valence-electron chi connectivity index (χ4n) is 1.75. The predicted molar refractivity (Wildman–Crippen MR) is 69.7 cm³/mol. The zero-order valence-electron chi connectivity index (χ0n) is 10.4. The maximum absolute atomic E-state index is 13.0. The average Bonchev–Trinajstić information content (AvgIpc) is 2.37. The Morgan fingerprint density at radius 3 is 2.89 bits per heavy atom. The Morgan fingerprint density at radius 2 is 2.21 bits per heavy atom. The summed E-state index contributed by atoms with van der Waals surface area (Å²) in [5.41, 5.74) is 1.94. The molecule has 0 aliphatic heterocycles. The van der Waals surface area contributed by atoms with Crippen LogP contribution in [-0.4, -0.2) is 16.1 Å². The van der Waals surface area contributed by atoms with Crippen LogP contribution in [0.3, 0.4) is 0 Å². The molecular formula is C14H13FN2O2. The summed E-state index contributed by atoms with van der Waals surface area (Å²) in [5.74, 6) is -1.72. The van der Waals surface area contributed by atoms with Crippen LogP contribution in [0.2, 0.25) is 0 Å². The number of nitrogens with one attached hydrogen (secondary N) is 1. The normalized spacial score (nSPS) is 10.2. The monoisotopic (exact) mass is 260 g/mol. The van der Waals surface area contributed by atoms with Gasteiger partial charge in [0.2, 0.25) is 0 Å². The van der Waals surface area contributed by atoms with E-state index in [2.05, 4.69) is 10.3 Å². The van der Waals surface area contributed by atoms with Crippen molar-refractivity contribution in [3.05, 3.63) is 59.0 Å². The van der Waals surface area contributed by atoms with Gasteiger partial charge in [-0.25, -0.2) is 14.2 Å². The molecule has 0 amide bonds. The van der Waals surface area contributed by atoms with Crippen molar-refractivity contribution in [2.24, 2.45) is 0 Å². The Morgan fingerprint density at radius 1 is 1.42 bits per heavy atom. The highest BCUT2D eigenvalue weighted by Gasteiger charge is 2.12. The number of carboxylic acids is 1. The lowest BCUT2D eigenvalue weighted by Crippen LogP contribution is -2.09. The molecule has 0 aliphatic rings. The lowest BCUT2D eigenvalue weighted by molar-refractivity contribution is 0.0697. The Bertz CT molecular complexity index is 614. The van der Waals surface area contributed by atoms with Gasteiger partial charge in [0.15, 0.2) is 0 Å². The van der Waals surface area contributed by atoms with Gasteiger partial charge in [-0.05, 0) is 18.6 Å². The van der Waals surface area contributed by atoms with E-state index < -0.39 is 11.8 Å². The number of halogens is 1. The second-order valence-electron chi connectivity index (χ2n) is 4.20. The van der Waals surface area contributed by atoms with Crippen LogP contribution in [0.1, 0.15) is 21.5 Å². The molecule has 0 aliphatic carbocycles. The number of aromatic nitrogens is 1. The molecule has 0 saturated carbocycles. The summed E-state index contributed by atoms with van der Waals surface area (Å²) in [6, 6.07) is 8.75. The first-order chi connectivity index (χ1) is 9.06. The number of aromatic carboxylic acids is 1. The number of pyridine rings is 1. The van der Waals surface area contributed by atoms with Gasteiger partial charge in [0.05, 0.1) is 6.20 Å². The minimum Gasteiger partial charge on any atom is -0.478 e. The first kappa shape index (κ1) is 13.0. The van der Waals surface area contributed by atoms with E-state index in [-0.39, 0.29) is 11.4 Å². The van der Waals surface area contributed by atoms with E-state index in [1.807, 2.05) is 31.2 Å². The number of carboxylic acid groups (broad SMARTS) is 1. The topological polar surface area (TPSA) is 62.2 Å². The standard InChI is InChI=1S/C14H13FN2O2/c1-9-3-2-4-10(5-9)7-16-13-12(14(18)19)6-11(15)8-17-13/h2-6,8H,7H2,1H3,(H,16,17)(H,18,19). The molecule has 0 unspecified atom stereocenters. The zero-order valence-corrected chi connectivity index (χ0v) is 10.4. The molecule has 2 rings (SSSR count). The molecule has 19 heavy (non-hydrogen) atoms. The second-order valence-corrected chi connectivity index (χ2v) is 4.20. The Balaban J connectivity index is 2.17. The van der Waals surface area contributed by atoms with Crippen molar-refractivity contribution >= 4 is 11.8 Å². The molecular weight excluding hydrogens is 247 g/mol. The van der Waals surface area contributed by atoms with Crippen molar-refractivity contribution in [2.75, 3.05) is 5.32 Å². The lowest BCUT2D eigenvalue weighted by atomic mass is 10.1. The van der Waals surface area contributed by atoms with Crippen molar-refractivity contribution in [1.82, 2.24) is 4.98 Å². The smallest absolute Gasteiger partial charge is 0.339 e. The van der Waals surface area contributed by atoms with Crippen molar-refractivity contribution < 1.29 is 14.3 Å². The van der Waals surface area contributed by atoms with Crippen LogP contribution in [0.5, 0.6) is 0 Å². The molecule has 0 bridgehead atoms. The second kappa shape index (κ2) is 5.48. The molecule has 4 nitrogen and oxygen atoms in total. The van der Waals surface area contributed by atoms with Gasteiger partial charge in [0, 0.05) is 6.54 Å². The van der Waals surface area contributed by atoms with Gasteiger partial charge in [-0.2, -0.15) is 0 Å². The van der Waals surface area contributed by atoms with E-state index >= 15 is 0 Å². The third kappa shape index (κ3) is 3.28. The first-order valence-electron chi connectivity index (χ1n) is 5.74. The molecule has 1 heterocycles. The van der Waals surface area contributed by atoms with Crippen molar-refractivity contribution in [3.63, 3.8) is 0 Å². The van der Waals surface area contributed by atoms with Gasteiger partial charge in [0.1, 0.15) is 17.2 Å². The van der Waals surface area contributed by atoms with Crippen molar-refractivity contribution in [1.29, 1.82) is 0 Å². The summed E-state index contributed by atoms with van der Waals surface area (Å²) in [4.78, 5) is 14.8. The molecule has 0 spiro atoms. The van der Waals surface area contributed by atoms with E-state index in [0.717, 1.165) is 23.4 Å². The van der Waals surface area contributed by atoms with Crippen LogP contribution in [-0.2, 0) is 6.54 Å². The number of nitrogens with zero attached hydrogens (tertiary/aromatic N) is 1. The minimum atomic E-state index is -1.21. The summed E-state index contributed by atoms with van der Waals surface area (Å²) in [5, 5.41) is 11.9. The van der Waals surface area contributed by atoms with Gasteiger partial charge in [-0.15, -0.1) is 0 Å². The van der Waals surface area contributed by atoms with Crippen LogP contribution in [0.25, 0.3) is 0 Å². The van der Waals surface area contributed by atoms with Gasteiger partial charge in [-0.3, -0.25) is 0 Å². The molecule has 0 radical (unpaired) electrons. The molecule has 2 N–H and O–H groups in total. The third-order valence-electron chi connectivity index (χ3n) is 2.63. The van der Waals surface area contributed by atoms with E-state index in [4.69, 9.17) is 5.11 Å². The SMILES string of the molecule is Cc1cccc(CNc2ncc(F)cc2C(=O)O)c1. The first-order valence-corrected chi connectivity index (χ1v) is 5.74. The predicted octanol–water partition coefficient (Wildman–Crippen LogP) is 2.84. The van der Waals surface area contributed by atoms with Crippen molar-refractivity contribution in [3.8, 4) is 0 Å². The summed E-state index contributed by atoms with van der Waals surface area (Å²) in [6.07, 6.45) is 0.991. The van der Waals surface area contributed by atoms with Crippen LogP contribution in [0.15, 0.2) is 36.5 Å². The highest BCUT2D eigenvalue weighted by atomic mass is 19.1. The molecule has 2 aromatic rings. The largest absolute Gasteiger partial charge is 0.478 e. The van der Waals surface area contributed by atoms with E-state index in [0.29, 0.717) is 6.54 Å². The average molecular weight is 260 g/mol. The number of benzene rings is 1. The number of anilines is 1. The zero-order chi connectivity index (χ0) is 13.8. The van der Waals surface area contributed by atoms with Gasteiger partial charge in [0.25, 0.3) is 0 Å². The lowest BCUT2D eigenvalue weighted by Gasteiger charge is -2.09. The molecule has 0 saturated heterocycles. The number of carbonyl (C=O) groups is 1. The summed E-state index contributed by atoms with van der Waals surface area (Å²) in [6.45, 7) is 2.41. The van der Waals surface area contributed by atoms with E-state index in [1.165, 1.54) is 0 Å². The summed E-state index contributed by atoms with van der Waals surface area (Å²) < 4.78 is 13.0. The quantitative estimate of drug-likeness (QED) is 0.887. The van der Waals surface area contributed by atoms with Crippen LogP contribution in [0.4, 0.5) is 10.2 Å². The fourth-order valence-corrected chi connectivity index (χ4v) is 1.75. The molecule has 0 atom stereocenters. The third-order valence-corrected chi connectivity index (χ3v) is 2.63. The van der Waals surface area contributed by atoms with Crippen LogP contribution < -0.4 is 5.32 Å². The maximum Gasteiger partial charge on any atom is 0.339 e. The molecule has 1 aromatic carbocycles. The molecule has 0 fully saturated rings. The van der Waals surface area contributed by atoms with Gasteiger partial charge in [-0.1, -0.05) is 29.8 Å². The number of rotatable bonds is 4. The molecule has 98 valence electrons.